The summed E-state index contributed by atoms with van der Waals surface area (Å²) in [7, 11) is -3.28. The van der Waals surface area contributed by atoms with Gasteiger partial charge in [0.05, 0.1) is 18.8 Å². The minimum absolute atomic E-state index is 0.112. The monoisotopic (exact) mass is 394 g/mol. The Morgan fingerprint density at radius 1 is 1.22 bits per heavy atom. The molecule has 0 heterocycles. The van der Waals surface area contributed by atoms with Gasteiger partial charge in [0, 0.05) is 12.1 Å². The van der Waals surface area contributed by atoms with Crippen molar-refractivity contribution in [3.8, 4) is 0 Å². The molecule has 2 rings (SSSR count). The van der Waals surface area contributed by atoms with Crippen molar-refractivity contribution in [2.45, 2.75) is 65.0 Å². The van der Waals surface area contributed by atoms with Gasteiger partial charge in [-0.05, 0) is 70.1 Å². The summed E-state index contributed by atoms with van der Waals surface area (Å²) in [6, 6.07) is 6.87. The van der Waals surface area contributed by atoms with E-state index in [0.29, 0.717) is 12.5 Å². The number of sulfonamides is 1. The molecule has 1 aliphatic carbocycles. The van der Waals surface area contributed by atoms with Crippen molar-refractivity contribution in [3.05, 3.63) is 34.9 Å². The third-order valence-corrected chi connectivity index (χ3v) is 5.59. The fraction of sp³-hybridized carbons (Fsp3) is 0.650. The number of hydrogen-bond acceptors (Lipinski definition) is 3. The summed E-state index contributed by atoms with van der Waals surface area (Å²) in [5, 5.41) is 6.68. The van der Waals surface area contributed by atoms with E-state index in [1.54, 1.807) is 0 Å². The van der Waals surface area contributed by atoms with Crippen molar-refractivity contribution in [1.82, 2.24) is 15.4 Å². The maximum absolute atomic E-state index is 11.5. The Balaban J connectivity index is 2.08. The lowest BCUT2D eigenvalue weighted by atomic mass is 9.89. The lowest BCUT2D eigenvalue weighted by Crippen LogP contribution is -2.47. The molecule has 0 spiro atoms. The van der Waals surface area contributed by atoms with Gasteiger partial charge in [0.25, 0.3) is 0 Å². The van der Waals surface area contributed by atoms with Gasteiger partial charge >= 0.3 is 0 Å². The number of fused-ring (bicyclic) bond motifs is 1. The maximum Gasteiger partial charge on any atom is 0.209 e. The predicted molar refractivity (Wildman–Crippen MR) is 113 cm³/mol. The summed E-state index contributed by atoms with van der Waals surface area (Å²) >= 11 is 0. The van der Waals surface area contributed by atoms with Crippen molar-refractivity contribution in [2.24, 2.45) is 4.99 Å². The van der Waals surface area contributed by atoms with Crippen molar-refractivity contribution in [1.29, 1.82) is 0 Å². The van der Waals surface area contributed by atoms with Gasteiger partial charge in [-0.25, -0.2) is 13.1 Å². The van der Waals surface area contributed by atoms with Gasteiger partial charge < -0.3 is 10.6 Å². The smallest absolute Gasteiger partial charge is 0.209 e. The first-order chi connectivity index (χ1) is 12.6. The summed E-state index contributed by atoms with van der Waals surface area (Å²) in [5.41, 5.74) is 3.54. The van der Waals surface area contributed by atoms with E-state index < -0.39 is 15.6 Å². The van der Waals surface area contributed by atoms with E-state index in [9.17, 15) is 8.42 Å². The average molecular weight is 395 g/mol. The molecule has 0 fully saturated rings. The van der Waals surface area contributed by atoms with E-state index in [4.69, 9.17) is 0 Å². The summed E-state index contributed by atoms with van der Waals surface area (Å²) in [4.78, 5) is 4.59. The van der Waals surface area contributed by atoms with E-state index >= 15 is 0 Å². The highest BCUT2D eigenvalue weighted by Crippen LogP contribution is 2.24. The molecule has 1 unspecified atom stereocenters. The Labute approximate surface area is 164 Å². The molecule has 27 heavy (non-hydrogen) atoms. The first-order valence-electron chi connectivity index (χ1n) is 9.75. The quantitative estimate of drug-likeness (QED) is 0.490. The Morgan fingerprint density at radius 2 is 1.89 bits per heavy atom. The molecule has 0 aromatic heterocycles. The van der Waals surface area contributed by atoms with Gasteiger partial charge in [-0.3, -0.25) is 4.99 Å². The second-order valence-corrected chi connectivity index (χ2v) is 9.80. The van der Waals surface area contributed by atoms with E-state index in [-0.39, 0.29) is 6.04 Å². The molecule has 0 saturated carbocycles. The zero-order valence-electron chi connectivity index (χ0n) is 17.2. The first-order valence-corrected chi connectivity index (χ1v) is 11.6. The van der Waals surface area contributed by atoms with Crippen molar-refractivity contribution < 1.29 is 8.42 Å². The molecule has 6 nitrogen and oxygen atoms in total. The number of guanidine groups is 1. The average Bonchev–Trinajstić information content (AvgIpc) is 2.57. The number of hydrogen-bond donors (Lipinski definition) is 3. The summed E-state index contributed by atoms with van der Waals surface area (Å²) in [6.07, 6.45) is 6.07. The minimum atomic E-state index is -3.28. The number of nitrogens with zero attached hydrogens (tertiary/aromatic N) is 1. The summed E-state index contributed by atoms with van der Waals surface area (Å²) in [6.45, 7) is 8.87. The van der Waals surface area contributed by atoms with Crippen LogP contribution in [0.5, 0.6) is 0 Å². The van der Waals surface area contributed by atoms with Gasteiger partial charge in [-0.1, -0.05) is 18.2 Å². The van der Waals surface area contributed by atoms with Crippen molar-refractivity contribution >= 4 is 16.0 Å². The maximum atomic E-state index is 11.5. The van der Waals surface area contributed by atoms with Crippen LogP contribution in [0.2, 0.25) is 0 Å². The molecule has 1 aromatic carbocycles. The fourth-order valence-electron chi connectivity index (χ4n) is 3.44. The van der Waals surface area contributed by atoms with E-state index in [2.05, 4.69) is 45.5 Å². The van der Waals surface area contributed by atoms with Crippen LogP contribution in [-0.2, 0) is 22.9 Å². The Morgan fingerprint density at radius 3 is 2.52 bits per heavy atom. The third kappa shape index (κ3) is 7.14. The SMILES string of the molecule is CCNC(=NCC(C)(C)NS(C)(=O)=O)NC(C)c1ccc2c(c1)CCCC2. The molecule has 7 heteroatoms. The highest BCUT2D eigenvalue weighted by Gasteiger charge is 2.22. The van der Waals surface area contributed by atoms with Crippen LogP contribution in [-0.4, -0.2) is 39.3 Å². The van der Waals surface area contributed by atoms with Crippen LogP contribution in [0, 0.1) is 0 Å². The highest BCUT2D eigenvalue weighted by molar-refractivity contribution is 7.88. The molecule has 0 saturated heterocycles. The van der Waals surface area contributed by atoms with Crippen molar-refractivity contribution in [3.63, 3.8) is 0 Å². The standard InChI is InChI=1S/C20H34N4O2S/c1-6-21-19(22-14-20(3,4)24-27(5,25)26)23-15(2)17-12-11-16-9-7-8-10-18(16)13-17/h11-13,15,24H,6-10,14H2,1-5H3,(H2,21,22,23). The zero-order chi connectivity index (χ0) is 20.1. The molecular formula is C20H34N4O2S. The fourth-order valence-corrected chi connectivity index (χ4v) is 4.51. The molecule has 0 bridgehead atoms. The van der Waals surface area contributed by atoms with E-state index in [1.165, 1.54) is 42.2 Å². The molecule has 1 atom stereocenters. The van der Waals surface area contributed by atoms with Crippen LogP contribution in [0.25, 0.3) is 0 Å². The predicted octanol–water partition coefficient (Wildman–Crippen LogP) is 2.51. The second kappa shape index (κ2) is 9.06. The summed E-state index contributed by atoms with van der Waals surface area (Å²) < 4.78 is 25.6. The number of aliphatic imine (C=N–C) groups is 1. The molecule has 1 aliphatic rings. The number of aryl methyl sites for hydroxylation is 2. The van der Waals surface area contributed by atoms with Crippen molar-refractivity contribution in [2.75, 3.05) is 19.3 Å². The van der Waals surface area contributed by atoms with Crippen LogP contribution in [0.3, 0.4) is 0 Å². The Bertz CT molecular complexity index is 772. The third-order valence-electron chi connectivity index (χ3n) is 4.66. The van der Waals surface area contributed by atoms with Gasteiger partial charge in [-0.15, -0.1) is 0 Å². The molecule has 0 amide bonds. The topological polar surface area (TPSA) is 82.6 Å². The van der Waals surface area contributed by atoms with Crippen LogP contribution in [0.1, 0.15) is 63.3 Å². The Hall–Kier alpha value is -1.60. The van der Waals surface area contributed by atoms with Gasteiger partial charge in [0.1, 0.15) is 0 Å². The van der Waals surface area contributed by atoms with Gasteiger partial charge in [0.15, 0.2) is 5.96 Å². The largest absolute Gasteiger partial charge is 0.357 e. The van der Waals surface area contributed by atoms with Gasteiger partial charge in [0.2, 0.25) is 10.0 Å². The first kappa shape index (κ1) is 21.7. The normalized spacial score (nSPS) is 16.6. The van der Waals surface area contributed by atoms with Crippen LogP contribution >= 0.6 is 0 Å². The van der Waals surface area contributed by atoms with Crippen LogP contribution < -0.4 is 15.4 Å². The number of benzene rings is 1. The van der Waals surface area contributed by atoms with E-state index in [0.717, 1.165) is 13.0 Å². The lowest BCUT2D eigenvalue weighted by molar-refractivity contribution is 0.464. The zero-order valence-corrected chi connectivity index (χ0v) is 18.0. The highest BCUT2D eigenvalue weighted by atomic mass is 32.2. The van der Waals surface area contributed by atoms with Crippen LogP contribution in [0.15, 0.2) is 23.2 Å². The number of rotatable bonds is 7. The lowest BCUT2D eigenvalue weighted by Gasteiger charge is -2.25. The number of nitrogens with one attached hydrogen (secondary N) is 3. The van der Waals surface area contributed by atoms with Crippen LogP contribution in [0.4, 0.5) is 0 Å². The molecular weight excluding hydrogens is 360 g/mol. The minimum Gasteiger partial charge on any atom is -0.357 e. The molecule has 1 aromatic rings. The van der Waals surface area contributed by atoms with Gasteiger partial charge in [-0.2, -0.15) is 0 Å². The second-order valence-electron chi connectivity index (χ2n) is 8.05. The molecule has 3 N–H and O–H groups in total. The summed E-state index contributed by atoms with van der Waals surface area (Å²) in [5.74, 6) is 0.686. The Kier molecular flexibility index (Phi) is 7.28. The van der Waals surface area contributed by atoms with E-state index in [1.807, 2.05) is 20.8 Å². The molecule has 0 radical (unpaired) electrons. The molecule has 152 valence electrons. The molecule has 0 aliphatic heterocycles.